The second-order valence-corrected chi connectivity index (χ2v) is 20.3. The Morgan fingerprint density at radius 1 is 0.938 bits per heavy atom. The molecule has 5 aliphatic carbocycles. The van der Waals surface area contributed by atoms with Gasteiger partial charge in [-0.25, -0.2) is 13.2 Å². The number of carbonyl (C=O) groups is 1. The van der Waals surface area contributed by atoms with E-state index in [4.69, 9.17) is 0 Å². The highest BCUT2D eigenvalue weighted by Crippen LogP contribution is 2.76. The molecule has 4 saturated carbocycles. The van der Waals surface area contributed by atoms with Crippen LogP contribution in [0.25, 0.3) is 5.57 Å². The van der Waals surface area contributed by atoms with Crippen molar-refractivity contribution >= 4 is 21.4 Å². The number of nitrogens with zero attached hydrogens (tertiary/aromatic N) is 1. The van der Waals surface area contributed by atoms with Crippen LogP contribution in [0.3, 0.4) is 0 Å². The number of sulfone groups is 1. The fourth-order valence-corrected chi connectivity index (χ4v) is 14.6. The SMILES string of the molecule is CC=C1CCC2(NCCN3CCS(=O)(=O)CC3)CCC3(C)C(CCC4C5(C)CC=C(c6ccc(C(=O)O)cc6)C(C)(C)C5CCC43C)C12. The van der Waals surface area contributed by atoms with Gasteiger partial charge in [0.05, 0.1) is 17.1 Å². The third-order valence-electron chi connectivity index (χ3n) is 16.0. The third-order valence-corrected chi connectivity index (χ3v) is 17.6. The van der Waals surface area contributed by atoms with Crippen molar-refractivity contribution in [3.8, 4) is 0 Å². The van der Waals surface area contributed by atoms with E-state index in [-0.39, 0.29) is 16.4 Å². The van der Waals surface area contributed by atoms with E-state index in [0.29, 0.717) is 64.7 Å². The van der Waals surface area contributed by atoms with Crippen molar-refractivity contribution in [1.82, 2.24) is 10.2 Å². The van der Waals surface area contributed by atoms with Gasteiger partial charge in [0.25, 0.3) is 0 Å². The number of allylic oxidation sites excluding steroid dienone is 3. The lowest BCUT2D eigenvalue weighted by Crippen LogP contribution is -2.67. The van der Waals surface area contributed by atoms with E-state index < -0.39 is 15.8 Å². The van der Waals surface area contributed by atoms with Crippen LogP contribution in [0.5, 0.6) is 0 Å². The Bertz CT molecular complexity index is 1600. The Morgan fingerprint density at radius 3 is 2.31 bits per heavy atom. The lowest BCUT2D eigenvalue weighted by molar-refractivity contribution is -0.213. The Labute approximate surface area is 290 Å². The van der Waals surface area contributed by atoms with Crippen molar-refractivity contribution in [1.29, 1.82) is 0 Å². The smallest absolute Gasteiger partial charge is 0.335 e. The molecule has 1 saturated heterocycles. The zero-order chi connectivity index (χ0) is 34.3. The van der Waals surface area contributed by atoms with Crippen LogP contribution in [-0.2, 0) is 9.84 Å². The van der Waals surface area contributed by atoms with Crippen LogP contribution in [-0.4, -0.2) is 67.6 Å². The zero-order valence-electron chi connectivity index (χ0n) is 30.4. The molecule has 7 rings (SSSR count). The minimum Gasteiger partial charge on any atom is -0.478 e. The molecule has 2 N–H and O–H groups in total. The van der Waals surface area contributed by atoms with Crippen molar-refractivity contribution < 1.29 is 18.3 Å². The molecule has 5 fully saturated rings. The molecule has 0 spiro atoms. The minimum atomic E-state index is -2.85. The molecule has 8 atom stereocenters. The number of aromatic carboxylic acids is 1. The van der Waals surface area contributed by atoms with Gasteiger partial charge in [0.15, 0.2) is 9.84 Å². The largest absolute Gasteiger partial charge is 0.478 e. The molecule has 1 aromatic rings. The number of carboxylic acid groups (broad SMARTS) is 1. The highest BCUT2D eigenvalue weighted by Gasteiger charge is 2.69. The molecule has 1 heterocycles. The lowest BCUT2D eigenvalue weighted by Gasteiger charge is -2.72. The molecule has 6 nitrogen and oxygen atoms in total. The maximum Gasteiger partial charge on any atom is 0.335 e. The van der Waals surface area contributed by atoms with Crippen molar-refractivity contribution in [2.75, 3.05) is 37.7 Å². The Morgan fingerprint density at radius 2 is 1.65 bits per heavy atom. The Balaban J connectivity index is 1.14. The van der Waals surface area contributed by atoms with Gasteiger partial charge < -0.3 is 15.3 Å². The second-order valence-electron chi connectivity index (χ2n) is 18.0. The van der Waals surface area contributed by atoms with Crippen LogP contribution in [0.2, 0.25) is 0 Å². The average molecular weight is 677 g/mol. The molecule has 0 aromatic heterocycles. The van der Waals surface area contributed by atoms with Crippen molar-refractivity contribution in [3.05, 3.63) is 53.1 Å². The van der Waals surface area contributed by atoms with Gasteiger partial charge in [-0.1, -0.05) is 64.5 Å². The molecule has 264 valence electrons. The number of hydrogen-bond acceptors (Lipinski definition) is 5. The number of hydrogen-bond donors (Lipinski definition) is 2. The molecular formula is C41H60N2O4S. The fraction of sp³-hybridized carbons (Fsp3) is 0.732. The maximum absolute atomic E-state index is 12.0. The van der Waals surface area contributed by atoms with E-state index in [9.17, 15) is 18.3 Å². The van der Waals surface area contributed by atoms with Crippen molar-refractivity contribution in [3.63, 3.8) is 0 Å². The first-order chi connectivity index (χ1) is 22.6. The highest BCUT2D eigenvalue weighted by atomic mass is 32.2. The highest BCUT2D eigenvalue weighted by molar-refractivity contribution is 7.91. The molecule has 1 aromatic carbocycles. The summed E-state index contributed by atoms with van der Waals surface area (Å²) in [6.07, 6.45) is 16.2. The van der Waals surface area contributed by atoms with Gasteiger partial charge in [-0.05, 0) is 127 Å². The molecule has 0 radical (unpaired) electrons. The lowest BCUT2D eigenvalue weighted by atomic mass is 9.33. The summed E-state index contributed by atoms with van der Waals surface area (Å²) in [6, 6.07) is 7.59. The second kappa shape index (κ2) is 11.8. The fourth-order valence-electron chi connectivity index (χ4n) is 13.4. The zero-order valence-corrected chi connectivity index (χ0v) is 31.2. The predicted octanol–water partition coefficient (Wildman–Crippen LogP) is 7.86. The summed E-state index contributed by atoms with van der Waals surface area (Å²) >= 11 is 0. The number of rotatable bonds is 6. The van der Waals surface area contributed by atoms with Gasteiger partial charge in [-0.15, -0.1) is 0 Å². The van der Waals surface area contributed by atoms with E-state index in [1.54, 1.807) is 17.7 Å². The molecule has 8 unspecified atom stereocenters. The molecule has 48 heavy (non-hydrogen) atoms. The van der Waals surface area contributed by atoms with E-state index in [2.05, 4.69) is 63.9 Å². The first-order valence-electron chi connectivity index (χ1n) is 19.0. The summed E-state index contributed by atoms with van der Waals surface area (Å²) in [7, 11) is -2.85. The van der Waals surface area contributed by atoms with Gasteiger partial charge in [0, 0.05) is 37.6 Å². The quantitative estimate of drug-likeness (QED) is 0.299. The van der Waals surface area contributed by atoms with Crippen LogP contribution in [0.1, 0.15) is 115 Å². The van der Waals surface area contributed by atoms with Gasteiger partial charge in [-0.3, -0.25) is 0 Å². The van der Waals surface area contributed by atoms with Crippen LogP contribution in [0.4, 0.5) is 0 Å². The molecule has 0 amide bonds. The van der Waals surface area contributed by atoms with Crippen LogP contribution >= 0.6 is 0 Å². The Kier molecular flexibility index (Phi) is 8.48. The topological polar surface area (TPSA) is 86.7 Å². The summed E-state index contributed by atoms with van der Waals surface area (Å²) in [5.41, 5.74) is 5.62. The monoisotopic (exact) mass is 676 g/mol. The van der Waals surface area contributed by atoms with E-state index in [0.717, 1.165) is 19.5 Å². The van der Waals surface area contributed by atoms with Crippen molar-refractivity contribution in [2.24, 2.45) is 45.3 Å². The first-order valence-corrected chi connectivity index (χ1v) is 20.8. The van der Waals surface area contributed by atoms with Crippen LogP contribution < -0.4 is 5.32 Å². The molecular weight excluding hydrogens is 617 g/mol. The number of carboxylic acids is 1. The van der Waals surface area contributed by atoms with Crippen LogP contribution in [0, 0.1) is 45.3 Å². The van der Waals surface area contributed by atoms with E-state index in [1.165, 1.54) is 62.5 Å². The molecule has 6 aliphatic rings. The minimum absolute atomic E-state index is 0.0184. The molecule has 7 heteroatoms. The number of fused-ring (bicyclic) bond motifs is 7. The van der Waals surface area contributed by atoms with E-state index in [1.807, 2.05) is 12.1 Å². The summed E-state index contributed by atoms with van der Waals surface area (Å²) < 4.78 is 24.0. The number of benzene rings is 1. The number of nitrogens with one attached hydrogen (secondary N) is 1. The standard InChI is InChI=1S/C41H60N2O4S/c1-7-28-14-19-41(42-22-23-43-24-26-48(46,47)27-25-43)21-20-39(5)32(35(28)41)12-13-34-38(4)17-15-31(29-8-10-30(11-9-29)36(44)45)37(2,3)33(38)16-18-40(34,39)6/h7-11,15,32-35,42H,12-14,16-27H2,1-6H3,(H,44,45). The third kappa shape index (κ3) is 5.14. The Hall–Kier alpha value is -1.96. The van der Waals surface area contributed by atoms with Gasteiger partial charge in [0.1, 0.15) is 0 Å². The van der Waals surface area contributed by atoms with Gasteiger partial charge in [0.2, 0.25) is 0 Å². The summed E-state index contributed by atoms with van der Waals surface area (Å²) in [6.45, 7) is 18.5. The maximum atomic E-state index is 12.0. The molecule has 0 bridgehead atoms. The van der Waals surface area contributed by atoms with Gasteiger partial charge in [-0.2, -0.15) is 0 Å². The normalized spacial score (nSPS) is 42.6. The first kappa shape index (κ1) is 34.5. The van der Waals surface area contributed by atoms with Crippen molar-refractivity contribution in [2.45, 2.75) is 105 Å². The summed E-state index contributed by atoms with van der Waals surface area (Å²) in [4.78, 5) is 13.9. The summed E-state index contributed by atoms with van der Waals surface area (Å²) in [5.74, 6) is 2.29. The van der Waals surface area contributed by atoms with Gasteiger partial charge >= 0.3 is 5.97 Å². The molecule has 1 aliphatic heterocycles. The average Bonchev–Trinajstić information content (AvgIpc) is 3.41. The van der Waals surface area contributed by atoms with Crippen LogP contribution in [0.15, 0.2) is 42.0 Å². The van der Waals surface area contributed by atoms with E-state index >= 15 is 0 Å². The predicted molar refractivity (Wildman–Crippen MR) is 195 cm³/mol. The summed E-state index contributed by atoms with van der Waals surface area (Å²) in [5, 5.41) is 13.7.